The van der Waals surface area contributed by atoms with Gasteiger partial charge in [0, 0.05) is 11.8 Å². The minimum absolute atomic E-state index is 0.0909. The molecule has 140 valence electrons. The molecule has 0 spiro atoms. The molecule has 0 saturated heterocycles. The van der Waals surface area contributed by atoms with Gasteiger partial charge in [-0.05, 0) is 35.6 Å². The number of carbonyl (C=O) groups is 2. The van der Waals surface area contributed by atoms with Crippen LogP contribution in [0.25, 0.3) is 0 Å². The summed E-state index contributed by atoms with van der Waals surface area (Å²) in [6.45, 7) is 1.43. The number of hydrogen-bond acceptors (Lipinski definition) is 3. The van der Waals surface area contributed by atoms with E-state index >= 15 is 0 Å². The smallest absolute Gasteiger partial charge is 0.451 e. The van der Waals surface area contributed by atoms with Gasteiger partial charge < -0.3 is 4.74 Å². The van der Waals surface area contributed by atoms with Gasteiger partial charge in [-0.25, -0.2) is 0 Å². The van der Waals surface area contributed by atoms with Gasteiger partial charge in [-0.1, -0.05) is 48.5 Å². The van der Waals surface area contributed by atoms with Gasteiger partial charge in [0.2, 0.25) is 0 Å². The van der Waals surface area contributed by atoms with Crippen molar-refractivity contribution in [3.05, 3.63) is 70.8 Å². The van der Waals surface area contributed by atoms with Crippen LogP contribution >= 0.6 is 0 Å². The largest absolute Gasteiger partial charge is 0.465 e. The third-order valence-corrected chi connectivity index (χ3v) is 5.69. The van der Waals surface area contributed by atoms with Crippen molar-refractivity contribution in [1.82, 2.24) is 0 Å². The zero-order valence-electron chi connectivity index (χ0n) is 14.5. The van der Waals surface area contributed by atoms with Crippen molar-refractivity contribution in [2.45, 2.75) is 31.4 Å². The highest BCUT2D eigenvalue weighted by molar-refractivity contribution is 6.09. The Kier molecular flexibility index (Phi) is 3.91. The van der Waals surface area contributed by atoms with Gasteiger partial charge in [0.15, 0.2) is 0 Å². The summed E-state index contributed by atoms with van der Waals surface area (Å²) in [4.78, 5) is 25.5. The van der Waals surface area contributed by atoms with Crippen LogP contribution in [0.1, 0.15) is 47.4 Å². The lowest BCUT2D eigenvalue weighted by Crippen LogP contribution is -2.56. The highest BCUT2D eigenvalue weighted by Gasteiger charge is 2.67. The summed E-state index contributed by atoms with van der Waals surface area (Å²) in [5.74, 6) is -4.58. The number of carbonyl (C=O) groups excluding carboxylic acids is 2. The SMILES string of the molecule is CCOC(=O)C1(C(=O)C(F)(F)F)CC2c3ccccc3C1c1ccccc12. The van der Waals surface area contributed by atoms with Gasteiger partial charge in [-0.3, -0.25) is 9.59 Å². The molecule has 2 aromatic carbocycles. The molecule has 5 rings (SSSR count). The molecule has 3 nitrogen and oxygen atoms in total. The molecule has 0 heterocycles. The Morgan fingerprint density at radius 3 is 1.93 bits per heavy atom. The number of benzene rings is 2. The Hall–Kier alpha value is -2.63. The zero-order chi connectivity index (χ0) is 19.4. The van der Waals surface area contributed by atoms with Crippen LogP contribution < -0.4 is 0 Å². The predicted molar refractivity (Wildman–Crippen MR) is 91.3 cm³/mol. The highest BCUT2D eigenvalue weighted by atomic mass is 19.4. The van der Waals surface area contributed by atoms with Crippen molar-refractivity contribution in [3.8, 4) is 0 Å². The van der Waals surface area contributed by atoms with Crippen LogP contribution in [0, 0.1) is 5.41 Å². The van der Waals surface area contributed by atoms with Gasteiger partial charge in [-0.15, -0.1) is 0 Å². The van der Waals surface area contributed by atoms with Gasteiger partial charge in [0.25, 0.3) is 5.78 Å². The average molecular weight is 374 g/mol. The van der Waals surface area contributed by atoms with E-state index in [1.54, 1.807) is 24.3 Å². The van der Waals surface area contributed by atoms with Crippen molar-refractivity contribution < 1.29 is 27.5 Å². The first-order valence-electron chi connectivity index (χ1n) is 8.78. The van der Waals surface area contributed by atoms with Gasteiger partial charge in [-0.2, -0.15) is 13.2 Å². The second kappa shape index (κ2) is 5.94. The number of esters is 1. The maximum absolute atomic E-state index is 13.6. The molecular weight excluding hydrogens is 357 g/mol. The highest BCUT2D eigenvalue weighted by Crippen LogP contribution is 2.62. The Balaban J connectivity index is 2.03. The Morgan fingerprint density at radius 2 is 1.48 bits per heavy atom. The van der Waals surface area contributed by atoms with Crippen molar-refractivity contribution in [2.75, 3.05) is 6.61 Å². The Morgan fingerprint density at radius 1 is 1.00 bits per heavy atom. The van der Waals surface area contributed by atoms with E-state index in [1.165, 1.54) is 6.92 Å². The molecule has 0 amide bonds. The molecule has 27 heavy (non-hydrogen) atoms. The second-order valence-electron chi connectivity index (χ2n) is 6.97. The minimum atomic E-state index is -5.13. The number of Topliss-reactive ketones (excluding diaryl/α,β-unsaturated/α-hetero) is 1. The molecule has 1 atom stereocenters. The first kappa shape index (κ1) is 17.8. The normalized spacial score (nSPS) is 25.5. The van der Waals surface area contributed by atoms with Crippen LogP contribution in [0.3, 0.4) is 0 Å². The van der Waals surface area contributed by atoms with Gasteiger partial charge in [0.05, 0.1) is 6.61 Å². The Bertz CT molecular complexity index is 887. The molecule has 0 radical (unpaired) electrons. The van der Waals surface area contributed by atoms with E-state index in [2.05, 4.69) is 0 Å². The first-order valence-corrected chi connectivity index (χ1v) is 8.78. The molecule has 0 aromatic heterocycles. The summed E-state index contributed by atoms with van der Waals surface area (Å²) in [7, 11) is 0. The molecule has 3 aliphatic rings. The lowest BCUT2D eigenvalue weighted by atomic mass is 9.50. The van der Waals surface area contributed by atoms with Crippen LogP contribution in [-0.2, 0) is 14.3 Å². The fourth-order valence-corrected chi connectivity index (χ4v) is 4.74. The van der Waals surface area contributed by atoms with Crippen LogP contribution in [0.4, 0.5) is 13.2 Å². The van der Waals surface area contributed by atoms with E-state index < -0.39 is 35.2 Å². The second-order valence-corrected chi connectivity index (χ2v) is 6.97. The molecule has 1 unspecified atom stereocenters. The van der Waals surface area contributed by atoms with Crippen LogP contribution in [0.15, 0.2) is 48.5 Å². The van der Waals surface area contributed by atoms with E-state index in [0.717, 1.165) is 11.1 Å². The molecule has 0 aliphatic heterocycles. The van der Waals surface area contributed by atoms with E-state index in [0.29, 0.717) is 11.1 Å². The number of hydrogen-bond donors (Lipinski definition) is 0. The van der Waals surface area contributed by atoms with Crippen molar-refractivity contribution in [3.63, 3.8) is 0 Å². The first-order chi connectivity index (χ1) is 12.8. The van der Waals surface area contributed by atoms with E-state index in [-0.39, 0.29) is 13.0 Å². The van der Waals surface area contributed by atoms with Crippen LogP contribution in [-0.4, -0.2) is 24.5 Å². The molecule has 2 bridgehead atoms. The molecule has 2 aromatic rings. The number of fused-ring (bicyclic) bond motifs is 1. The molecule has 0 fully saturated rings. The number of alkyl halides is 3. The summed E-state index contributed by atoms with van der Waals surface area (Å²) in [5, 5.41) is 0. The molecule has 3 aliphatic carbocycles. The third kappa shape index (κ3) is 2.35. The maximum atomic E-state index is 13.6. The van der Waals surface area contributed by atoms with Crippen LogP contribution in [0.5, 0.6) is 0 Å². The predicted octanol–water partition coefficient (Wildman–Crippen LogP) is 4.35. The topological polar surface area (TPSA) is 43.4 Å². The summed E-state index contributed by atoms with van der Waals surface area (Å²) in [5.41, 5.74) is 0.644. The van der Waals surface area contributed by atoms with Crippen molar-refractivity contribution >= 4 is 11.8 Å². The van der Waals surface area contributed by atoms with Crippen molar-refractivity contribution in [1.29, 1.82) is 0 Å². The quantitative estimate of drug-likeness (QED) is 0.593. The minimum Gasteiger partial charge on any atom is -0.465 e. The summed E-state index contributed by atoms with van der Waals surface area (Å²) >= 11 is 0. The summed E-state index contributed by atoms with van der Waals surface area (Å²) in [6.07, 6.45) is -5.36. The fraction of sp³-hybridized carbons (Fsp3) is 0.333. The maximum Gasteiger partial charge on any atom is 0.451 e. The molecular formula is C21H17F3O3. The van der Waals surface area contributed by atoms with Gasteiger partial charge in [0.1, 0.15) is 5.41 Å². The monoisotopic (exact) mass is 374 g/mol. The number of ketones is 1. The lowest BCUT2D eigenvalue weighted by Gasteiger charge is -2.50. The lowest BCUT2D eigenvalue weighted by molar-refractivity contribution is -0.192. The van der Waals surface area contributed by atoms with Crippen molar-refractivity contribution in [2.24, 2.45) is 5.41 Å². The van der Waals surface area contributed by atoms with E-state index in [9.17, 15) is 22.8 Å². The standard InChI is InChI=1S/C21H17F3O3/c1-2-27-19(26)20(18(25)21(22,23)24)11-16-12-7-3-5-9-14(12)17(20)15-10-6-4-8-13(15)16/h3-10,16-17H,2,11H2,1H3. The summed E-state index contributed by atoms with van der Waals surface area (Å²) in [6, 6.07) is 14.2. The van der Waals surface area contributed by atoms with Crippen LogP contribution in [0.2, 0.25) is 0 Å². The van der Waals surface area contributed by atoms with E-state index in [4.69, 9.17) is 4.74 Å². The molecule has 6 heteroatoms. The third-order valence-electron chi connectivity index (χ3n) is 5.69. The number of ether oxygens (including phenoxy) is 1. The summed E-state index contributed by atoms with van der Waals surface area (Å²) < 4.78 is 45.8. The van der Waals surface area contributed by atoms with E-state index in [1.807, 2.05) is 24.3 Å². The molecule has 0 N–H and O–H groups in total. The number of rotatable bonds is 3. The zero-order valence-corrected chi connectivity index (χ0v) is 14.5. The fourth-order valence-electron chi connectivity index (χ4n) is 4.74. The Labute approximate surface area is 154 Å². The number of halogens is 3. The average Bonchev–Trinajstić information content (AvgIpc) is 2.66. The van der Waals surface area contributed by atoms with Gasteiger partial charge >= 0.3 is 12.1 Å². The molecule has 0 saturated carbocycles.